The van der Waals surface area contributed by atoms with Gasteiger partial charge in [0.05, 0.1) is 5.69 Å². The van der Waals surface area contributed by atoms with E-state index in [4.69, 9.17) is 10.4 Å². The van der Waals surface area contributed by atoms with Crippen molar-refractivity contribution in [3.8, 4) is 0 Å². The van der Waals surface area contributed by atoms with Gasteiger partial charge in [-0.25, -0.2) is 5.84 Å². The van der Waals surface area contributed by atoms with E-state index in [1.54, 1.807) is 0 Å². The number of nitrogens with zero attached hydrogens (tertiary/aromatic N) is 1. The van der Waals surface area contributed by atoms with Crippen LogP contribution in [0.3, 0.4) is 0 Å². The summed E-state index contributed by atoms with van der Waals surface area (Å²) in [5.41, 5.74) is 3.27. The van der Waals surface area contributed by atoms with Gasteiger partial charge in [0, 0.05) is 24.3 Å². The Morgan fingerprint density at radius 2 is 2.24 bits per heavy atom. The van der Waals surface area contributed by atoms with Crippen molar-refractivity contribution in [2.45, 2.75) is 44.9 Å². The molecule has 0 radical (unpaired) electrons. The van der Waals surface area contributed by atoms with Crippen LogP contribution in [-0.4, -0.2) is 11.1 Å². The molecule has 0 aromatic carbocycles. The standard InChI is InChI=1S/C12H19N3O2/c1-2-10-7-11(15-17-10)8-3-5-9(6-4-8)12(16)14-13/h7-9H,2-6,13H2,1H3,(H,14,16)/t8-,9-. The molecule has 1 fully saturated rings. The zero-order chi connectivity index (χ0) is 12.3. The molecule has 1 aliphatic carbocycles. The van der Waals surface area contributed by atoms with E-state index in [-0.39, 0.29) is 11.8 Å². The van der Waals surface area contributed by atoms with E-state index in [0.29, 0.717) is 5.92 Å². The van der Waals surface area contributed by atoms with E-state index >= 15 is 0 Å². The Kier molecular flexibility index (Phi) is 3.78. The van der Waals surface area contributed by atoms with Gasteiger partial charge in [0.1, 0.15) is 5.76 Å². The predicted molar refractivity (Wildman–Crippen MR) is 62.9 cm³/mol. The van der Waals surface area contributed by atoms with Crippen molar-refractivity contribution < 1.29 is 9.32 Å². The average molecular weight is 237 g/mol. The van der Waals surface area contributed by atoms with Crippen LogP contribution in [0.2, 0.25) is 0 Å². The van der Waals surface area contributed by atoms with Gasteiger partial charge in [0.15, 0.2) is 0 Å². The Morgan fingerprint density at radius 3 is 2.76 bits per heavy atom. The number of carbonyl (C=O) groups excluding carboxylic acids is 1. The van der Waals surface area contributed by atoms with Gasteiger partial charge in [-0.3, -0.25) is 10.2 Å². The lowest BCUT2D eigenvalue weighted by Gasteiger charge is -2.25. The molecular formula is C12H19N3O2. The third-order valence-electron chi connectivity index (χ3n) is 3.58. The number of hydrogen-bond donors (Lipinski definition) is 2. The fourth-order valence-corrected chi connectivity index (χ4v) is 2.46. The number of amides is 1. The minimum atomic E-state index is -0.0437. The largest absolute Gasteiger partial charge is 0.361 e. The zero-order valence-electron chi connectivity index (χ0n) is 10.1. The molecule has 1 heterocycles. The summed E-state index contributed by atoms with van der Waals surface area (Å²) >= 11 is 0. The molecule has 0 bridgehead atoms. The molecule has 1 amide bonds. The Morgan fingerprint density at radius 1 is 1.53 bits per heavy atom. The van der Waals surface area contributed by atoms with Crippen LogP contribution in [0.5, 0.6) is 0 Å². The molecule has 2 rings (SSSR count). The third-order valence-corrected chi connectivity index (χ3v) is 3.58. The van der Waals surface area contributed by atoms with E-state index in [2.05, 4.69) is 10.6 Å². The smallest absolute Gasteiger partial charge is 0.236 e. The molecule has 1 aromatic heterocycles. The maximum absolute atomic E-state index is 11.4. The highest BCUT2D eigenvalue weighted by Crippen LogP contribution is 2.35. The number of aryl methyl sites for hydroxylation is 1. The van der Waals surface area contributed by atoms with Gasteiger partial charge in [0.2, 0.25) is 5.91 Å². The quantitative estimate of drug-likeness (QED) is 0.474. The molecule has 17 heavy (non-hydrogen) atoms. The first kappa shape index (κ1) is 12.1. The number of nitrogens with two attached hydrogens (primary N) is 1. The van der Waals surface area contributed by atoms with Crippen molar-refractivity contribution in [1.29, 1.82) is 0 Å². The van der Waals surface area contributed by atoms with Crippen molar-refractivity contribution in [3.05, 3.63) is 17.5 Å². The second kappa shape index (κ2) is 5.31. The summed E-state index contributed by atoms with van der Waals surface area (Å²) in [5, 5.41) is 4.10. The molecule has 5 heteroatoms. The van der Waals surface area contributed by atoms with Crippen molar-refractivity contribution >= 4 is 5.91 Å². The summed E-state index contributed by atoms with van der Waals surface area (Å²) in [6.07, 6.45) is 4.59. The summed E-state index contributed by atoms with van der Waals surface area (Å²) in [7, 11) is 0. The molecule has 1 aromatic rings. The Balaban J connectivity index is 1.92. The maximum Gasteiger partial charge on any atom is 0.236 e. The van der Waals surface area contributed by atoms with E-state index in [1.165, 1.54) is 0 Å². The Labute approximate surface area is 101 Å². The number of hydrazine groups is 1. The van der Waals surface area contributed by atoms with Gasteiger partial charge in [-0.05, 0) is 25.7 Å². The predicted octanol–water partition coefficient (Wildman–Crippen LogP) is 1.50. The van der Waals surface area contributed by atoms with Gasteiger partial charge >= 0.3 is 0 Å². The third kappa shape index (κ3) is 2.66. The minimum absolute atomic E-state index is 0.0437. The van der Waals surface area contributed by atoms with E-state index in [9.17, 15) is 4.79 Å². The molecular weight excluding hydrogens is 218 g/mol. The van der Waals surface area contributed by atoms with E-state index in [1.807, 2.05) is 13.0 Å². The second-order valence-corrected chi connectivity index (χ2v) is 4.63. The van der Waals surface area contributed by atoms with Gasteiger partial charge < -0.3 is 4.52 Å². The lowest BCUT2D eigenvalue weighted by atomic mass is 9.80. The second-order valence-electron chi connectivity index (χ2n) is 4.63. The molecule has 1 aliphatic rings. The fourth-order valence-electron chi connectivity index (χ4n) is 2.46. The van der Waals surface area contributed by atoms with Crippen molar-refractivity contribution in [2.24, 2.45) is 11.8 Å². The van der Waals surface area contributed by atoms with Crippen molar-refractivity contribution in [3.63, 3.8) is 0 Å². The highest BCUT2D eigenvalue weighted by molar-refractivity contribution is 5.78. The van der Waals surface area contributed by atoms with Crippen LogP contribution in [0.4, 0.5) is 0 Å². The Bertz CT molecular complexity index is 381. The summed E-state index contributed by atoms with van der Waals surface area (Å²) in [5.74, 6) is 6.53. The summed E-state index contributed by atoms with van der Waals surface area (Å²) < 4.78 is 5.21. The van der Waals surface area contributed by atoms with Crippen LogP contribution in [0.15, 0.2) is 10.6 Å². The van der Waals surface area contributed by atoms with Crippen molar-refractivity contribution in [1.82, 2.24) is 10.6 Å². The van der Waals surface area contributed by atoms with Crippen LogP contribution >= 0.6 is 0 Å². The van der Waals surface area contributed by atoms with Crippen LogP contribution < -0.4 is 11.3 Å². The first-order chi connectivity index (χ1) is 8.24. The molecule has 0 atom stereocenters. The maximum atomic E-state index is 11.4. The number of hydrogen-bond acceptors (Lipinski definition) is 4. The lowest BCUT2D eigenvalue weighted by molar-refractivity contribution is -0.126. The van der Waals surface area contributed by atoms with Crippen LogP contribution in [-0.2, 0) is 11.2 Å². The molecule has 5 nitrogen and oxygen atoms in total. The van der Waals surface area contributed by atoms with Gasteiger partial charge in [-0.15, -0.1) is 0 Å². The molecule has 0 spiro atoms. The lowest BCUT2D eigenvalue weighted by Crippen LogP contribution is -2.37. The summed E-state index contributed by atoms with van der Waals surface area (Å²) in [6, 6.07) is 2.04. The Hall–Kier alpha value is -1.36. The number of rotatable bonds is 3. The van der Waals surface area contributed by atoms with Crippen LogP contribution in [0, 0.1) is 5.92 Å². The molecule has 3 N–H and O–H groups in total. The SMILES string of the molecule is CCc1cc([C@H]2CC[C@H](C(=O)NN)CC2)no1. The molecule has 1 saturated carbocycles. The first-order valence-corrected chi connectivity index (χ1v) is 6.20. The fraction of sp³-hybridized carbons (Fsp3) is 0.667. The normalized spacial score (nSPS) is 24.6. The molecule has 0 saturated heterocycles. The zero-order valence-corrected chi connectivity index (χ0v) is 10.1. The number of nitrogens with one attached hydrogen (secondary N) is 1. The first-order valence-electron chi connectivity index (χ1n) is 6.20. The molecule has 0 aliphatic heterocycles. The highest BCUT2D eigenvalue weighted by Gasteiger charge is 2.28. The number of aromatic nitrogens is 1. The van der Waals surface area contributed by atoms with E-state index in [0.717, 1.165) is 43.6 Å². The van der Waals surface area contributed by atoms with Gasteiger partial charge in [-0.1, -0.05) is 12.1 Å². The minimum Gasteiger partial charge on any atom is -0.361 e. The van der Waals surface area contributed by atoms with Gasteiger partial charge in [0.25, 0.3) is 0 Å². The highest BCUT2D eigenvalue weighted by atomic mass is 16.5. The summed E-state index contributed by atoms with van der Waals surface area (Å²) in [6.45, 7) is 2.05. The monoisotopic (exact) mass is 237 g/mol. The van der Waals surface area contributed by atoms with Crippen LogP contribution in [0.1, 0.15) is 50.0 Å². The van der Waals surface area contributed by atoms with Crippen molar-refractivity contribution in [2.75, 3.05) is 0 Å². The van der Waals surface area contributed by atoms with Gasteiger partial charge in [-0.2, -0.15) is 0 Å². The van der Waals surface area contributed by atoms with E-state index < -0.39 is 0 Å². The summed E-state index contributed by atoms with van der Waals surface area (Å²) in [4.78, 5) is 11.4. The average Bonchev–Trinajstić information content (AvgIpc) is 2.87. The topological polar surface area (TPSA) is 81.2 Å². The number of carbonyl (C=O) groups is 1. The molecule has 94 valence electrons. The molecule has 0 unspecified atom stereocenters. The van der Waals surface area contributed by atoms with Crippen LogP contribution in [0.25, 0.3) is 0 Å².